The van der Waals surface area contributed by atoms with E-state index in [4.69, 9.17) is 46.4 Å². The van der Waals surface area contributed by atoms with Crippen LogP contribution in [0.3, 0.4) is 0 Å². The van der Waals surface area contributed by atoms with Crippen molar-refractivity contribution in [3.63, 3.8) is 0 Å². The Kier molecular flexibility index (Phi) is 10.6. The molecule has 0 spiro atoms. The number of nitrogen functional groups attached to an aromatic ring is 4. The van der Waals surface area contributed by atoms with Gasteiger partial charge in [-0.15, -0.1) is 9.35 Å². The summed E-state index contributed by atoms with van der Waals surface area (Å²) in [7, 11) is -4.33. The molecule has 2 heterocycles. The van der Waals surface area contributed by atoms with Crippen LogP contribution in [0.1, 0.15) is 16.7 Å². The standard InChI is InChI=1S/C9H12O3S.2C7H6ClN3S.BrH/c1-6-4-7(2)9(8(3)5-6)13(10,11)12;2*8-4-2-1-3-5-6(4)11(10)7(9)12-5;/h4-5H,1-3H3,(H,10,11,12);2*1-3,9H,10H2;1H. The molecule has 0 amide bonds. The Morgan fingerprint density at radius 3 is 1.47 bits per heavy atom. The van der Waals surface area contributed by atoms with Crippen LogP contribution in [0, 0.1) is 20.8 Å². The smallest absolute Gasteiger partial charge is 0.356 e. The quantitative estimate of drug-likeness (QED) is 0.115. The van der Waals surface area contributed by atoms with E-state index >= 15 is 0 Å². The minimum absolute atomic E-state index is 0. The van der Waals surface area contributed by atoms with Crippen LogP contribution in [0.4, 0.5) is 10.3 Å². The lowest BCUT2D eigenvalue weighted by Crippen LogP contribution is -3.00. The Bertz CT molecular complexity index is 1620. The fourth-order valence-corrected chi connectivity index (χ4v) is 7.01. The van der Waals surface area contributed by atoms with Crippen molar-refractivity contribution < 1.29 is 39.3 Å². The number of nitrogens with zero attached hydrogens (tertiary/aromatic N) is 2. The third-order valence-electron chi connectivity index (χ3n) is 5.14. The van der Waals surface area contributed by atoms with Crippen LogP contribution in [-0.2, 0) is 10.1 Å². The Hall–Kier alpha value is -2.39. The zero-order valence-electron chi connectivity index (χ0n) is 20.4. The molecule has 0 saturated carbocycles. The van der Waals surface area contributed by atoms with Gasteiger partial charge in [0, 0.05) is 0 Å². The van der Waals surface area contributed by atoms with Gasteiger partial charge in [0.2, 0.25) is 0 Å². The van der Waals surface area contributed by atoms with E-state index in [0.29, 0.717) is 31.4 Å². The number of halogens is 3. The Labute approximate surface area is 248 Å². The predicted octanol–water partition coefficient (Wildman–Crippen LogP) is 0.796. The molecule has 0 saturated heterocycles. The molecule has 8 N–H and O–H groups in total. The first-order valence-corrected chi connectivity index (χ1v) is 14.3. The number of aromatic nitrogens is 2. The van der Waals surface area contributed by atoms with Gasteiger partial charge in [0.1, 0.15) is 10.1 Å². The first-order valence-electron chi connectivity index (χ1n) is 10.5. The monoisotopic (exact) mass is 678 g/mol. The molecule has 0 aliphatic carbocycles. The fraction of sp³-hybridized carbons (Fsp3) is 0.130. The molecular weight excluding hydrogens is 655 g/mol. The van der Waals surface area contributed by atoms with Gasteiger partial charge in [-0.25, -0.2) is 8.42 Å². The Balaban J connectivity index is 0.000000198. The van der Waals surface area contributed by atoms with Crippen molar-refractivity contribution in [1.29, 1.82) is 0 Å². The minimum Gasteiger partial charge on any atom is -1.00 e. The van der Waals surface area contributed by atoms with Gasteiger partial charge in [-0.1, -0.05) is 53.0 Å². The molecule has 0 radical (unpaired) electrons. The van der Waals surface area contributed by atoms with Crippen LogP contribution in [0.25, 0.3) is 20.4 Å². The van der Waals surface area contributed by atoms with Gasteiger partial charge in [-0.3, -0.25) is 23.2 Å². The fourth-order valence-electron chi connectivity index (χ4n) is 3.73. The first kappa shape index (κ1) is 31.8. The van der Waals surface area contributed by atoms with E-state index in [9.17, 15) is 13.0 Å². The molecule has 2 aromatic heterocycles. The summed E-state index contributed by atoms with van der Waals surface area (Å²) in [4.78, 5) is -0.0851. The maximum absolute atomic E-state index is 10.8. The maximum atomic E-state index is 10.8. The molecule has 0 atom stereocenters. The van der Waals surface area contributed by atoms with E-state index in [2.05, 4.69) is 0 Å². The second-order valence-corrected chi connectivity index (χ2v) is 12.2. The molecule has 0 bridgehead atoms. The van der Waals surface area contributed by atoms with E-state index in [1.165, 1.54) is 32.0 Å². The third kappa shape index (κ3) is 6.97. The number of fused-ring (bicyclic) bond motifs is 2. The van der Waals surface area contributed by atoms with Crippen molar-refractivity contribution in [2.75, 3.05) is 23.2 Å². The topological polar surface area (TPSA) is 169 Å². The van der Waals surface area contributed by atoms with E-state index < -0.39 is 10.1 Å². The van der Waals surface area contributed by atoms with Crippen molar-refractivity contribution in [2.24, 2.45) is 0 Å². The molecule has 5 rings (SSSR count). The molecular formula is C23H25BrCl2N6O3S3. The van der Waals surface area contributed by atoms with Gasteiger partial charge in [0.05, 0.1) is 24.3 Å². The summed E-state index contributed by atoms with van der Waals surface area (Å²) < 4.78 is 37.3. The van der Waals surface area contributed by atoms with Crippen molar-refractivity contribution in [3.8, 4) is 0 Å². The van der Waals surface area contributed by atoms with Crippen molar-refractivity contribution in [3.05, 3.63) is 75.3 Å². The Morgan fingerprint density at radius 2 is 1.16 bits per heavy atom. The van der Waals surface area contributed by atoms with Crippen LogP contribution in [0.2, 0.25) is 10.0 Å². The summed E-state index contributed by atoms with van der Waals surface area (Å²) >= 11 is 14.7. The zero-order valence-corrected chi connectivity index (χ0v) is 26.0. The third-order valence-corrected chi connectivity index (χ3v) is 8.80. The number of rotatable bonds is 1. The first-order chi connectivity index (χ1) is 17.2. The summed E-state index contributed by atoms with van der Waals surface area (Å²) in [5.74, 6) is 11.3. The number of nitrogens with two attached hydrogens (primary N) is 4. The minimum atomic E-state index is -4.33. The van der Waals surface area contributed by atoms with Crippen LogP contribution < -0.4 is 49.5 Å². The number of hydrogen-bond acceptors (Lipinski definition) is 9. The van der Waals surface area contributed by atoms with Crippen molar-refractivity contribution >= 4 is 86.7 Å². The zero-order chi connectivity index (χ0) is 27.7. The van der Waals surface area contributed by atoms with Crippen molar-refractivity contribution in [1.82, 2.24) is 0 Å². The van der Waals surface area contributed by atoms with Crippen LogP contribution in [-0.4, -0.2) is 13.0 Å². The lowest BCUT2D eigenvalue weighted by molar-refractivity contribution is -0.592. The summed E-state index contributed by atoms with van der Waals surface area (Å²) in [6.45, 7) is 5.12. The molecule has 0 unspecified atom stereocenters. The molecule has 5 aromatic rings. The Morgan fingerprint density at radius 1 is 0.789 bits per heavy atom. The lowest BCUT2D eigenvalue weighted by atomic mass is 10.1. The average Bonchev–Trinajstić information content (AvgIpc) is 3.23. The molecule has 15 heteroatoms. The number of anilines is 2. The van der Waals surface area contributed by atoms with Crippen LogP contribution in [0.15, 0.2) is 53.4 Å². The number of benzene rings is 3. The van der Waals surface area contributed by atoms with E-state index in [1.807, 2.05) is 31.2 Å². The predicted molar refractivity (Wildman–Crippen MR) is 152 cm³/mol. The summed E-state index contributed by atoms with van der Waals surface area (Å²) in [5, 5.41) is 2.36. The normalized spacial score (nSPS) is 10.8. The molecule has 3 aromatic carbocycles. The molecule has 38 heavy (non-hydrogen) atoms. The highest BCUT2D eigenvalue weighted by Gasteiger charge is 2.15. The SMILES string of the molecule is Cc1cc(C)c(S(=O)(=O)[O-])c(C)c1.Nc1sc2cccc(Cl)c2[n+]1N.Nc1sc2cccc(Cl)c2[n+]1N.[Br-]. The summed E-state index contributed by atoms with van der Waals surface area (Å²) in [6.07, 6.45) is 0. The molecule has 0 aliphatic rings. The number of para-hydroxylation sites is 2. The largest absolute Gasteiger partial charge is 1.00 e. The van der Waals surface area contributed by atoms with E-state index in [0.717, 1.165) is 26.0 Å². The highest BCUT2D eigenvalue weighted by molar-refractivity contribution is 7.85. The second-order valence-electron chi connectivity index (χ2n) is 7.98. The lowest BCUT2D eigenvalue weighted by Gasteiger charge is -2.14. The highest BCUT2D eigenvalue weighted by Crippen LogP contribution is 2.27. The maximum Gasteiger partial charge on any atom is 0.356 e. The van der Waals surface area contributed by atoms with Crippen LogP contribution in [0.5, 0.6) is 0 Å². The van der Waals surface area contributed by atoms with Gasteiger partial charge < -0.3 is 21.5 Å². The number of aryl methyl sites for hydroxylation is 3. The van der Waals surface area contributed by atoms with Crippen molar-refractivity contribution in [2.45, 2.75) is 25.7 Å². The van der Waals surface area contributed by atoms with Crippen LogP contribution >= 0.6 is 45.9 Å². The van der Waals surface area contributed by atoms with Gasteiger partial charge in [0.15, 0.2) is 11.0 Å². The molecule has 0 aliphatic heterocycles. The van der Waals surface area contributed by atoms with Gasteiger partial charge in [-0.2, -0.15) is 0 Å². The number of thiazole rings is 2. The molecule has 9 nitrogen and oxygen atoms in total. The van der Waals surface area contributed by atoms with E-state index in [-0.39, 0.29) is 21.9 Å². The van der Waals surface area contributed by atoms with Gasteiger partial charge in [0.25, 0.3) is 0 Å². The molecule has 0 fully saturated rings. The number of hydrogen-bond donors (Lipinski definition) is 4. The highest BCUT2D eigenvalue weighted by atomic mass is 79.9. The summed E-state index contributed by atoms with van der Waals surface area (Å²) in [6, 6.07) is 14.6. The molecule has 204 valence electrons. The summed E-state index contributed by atoms with van der Waals surface area (Å²) in [5.41, 5.74) is 14.8. The van der Waals surface area contributed by atoms with Gasteiger partial charge in [-0.05, 0) is 78.8 Å². The average molecular weight is 681 g/mol. The van der Waals surface area contributed by atoms with E-state index in [1.54, 1.807) is 38.1 Å². The second kappa shape index (κ2) is 12.6. The van der Waals surface area contributed by atoms with Gasteiger partial charge >= 0.3 is 10.3 Å².